The van der Waals surface area contributed by atoms with Crippen LogP contribution in [0.15, 0.2) is 60.8 Å². The molecule has 0 spiro atoms. The predicted molar refractivity (Wildman–Crippen MR) is 336 cm³/mol. The van der Waals surface area contributed by atoms with Crippen LogP contribution in [-0.4, -0.2) is 34.9 Å². The number of carbonyl (C=O) groups is 1. The monoisotopic (exact) mass is 1050 g/mol. The lowest BCUT2D eigenvalue weighted by Crippen LogP contribution is -2.45. The van der Waals surface area contributed by atoms with Crippen molar-refractivity contribution < 1.29 is 15.0 Å². The fourth-order valence-corrected chi connectivity index (χ4v) is 10.5. The molecule has 0 aromatic heterocycles. The van der Waals surface area contributed by atoms with Crippen LogP contribution in [0.1, 0.15) is 367 Å². The second-order valence-corrected chi connectivity index (χ2v) is 23.2. The number of unbranched alkanes of at least 4 members (excludes halogenated alkanes) is 48. The number of aliphatic hydroxyl groups excluding tert-OH is 2. The Hall–Kier alpha value is -1.91. The summed E-state index contributed by atoms with van der Waals surface area (Å²) in [6, 6.07) is -0.647. The van der Waals surface area contributed by atoms with Crippen LogP contribution in [0.25, 0.3) is 0 Å². The smallest absolute Gasteiger partial charge is 0.220 e. The highest BCUT2D eigenvalue weighted by molar-refractivity contribution is 5.76. The third-order valence-electron chi connectivity index (χ3n) is 15.7. The number of hydrogen-bond acceptors (Lipinski definition) is 3. The molecule has 0 rings (SSSR count). The van der Waals surface area contributed by atoms with Crippen molar-refractivity contribution in [3.8, 4) is 0 Å². The van der Waals surface area contributed by atoms with Crippen LogP contribution in [-0.2, 0) is 4.79 Å². The molecule has 0 heterocycles. The lowest BCUT2D eigenvalue weighted by Gasteiger charge is -2.19. The maximum Gasteiger partial charge on any atom is 0.220 e. The van der Waals surface area contributed by atoms with Crippen molar-refractivity contribution >= 4 is 5.91 Å². The van der Waals surface area contributed by atoms with Crippen LogP contribution in [0.5, 0.6) is 0 Å². The summed E-state index contributed by atoms with van der Waals surface area (Å²) in [7, 11) is 0. The van der Waals surface area contributed by atoms with Gasteiger partial charge in [0.25, 0.3) is 0 Å². The second-order valence-electron chi connectivity index (χ2n) is 23.2. The summed E-state index contributed by atoms with van der Waals surface area (Å²) in [5, 5.41) is 23.2. The first kappa shape index (κ1) is 73.1. The maximum atomic E-state index is 12.5. The Labute approximate surface area is 470 Å². The van der Waals surface area contributed by atoms with Crippen molar-refractivity contribution in [2.75, 3.05) is 6.61 Å². The second kappa shape index (κ2) is 66.4. The van der Waals surface area contributed by atoms with E-state index < -0.39 is 12.1 Å². The number of hydrogen-bond donors (Lipinski definition) is 3. The molecule has 0 radical (unpaired) electrons. The summed E-state index contributed by atoms with van der Waals surface area (Å²) in [5.41, 5.74) is 0. The normalized spacial score (nSPS) is 13.1. The van der Waals surface area contributed by atoms with Crippen molar-refractivity contribution in [2.45, 2.75) is 379 Å². The molecule has 0 aromatic carbocycles. The van der Waals surface area contributed by atoms with E-state index in [2.05, 4.69) is 67.8 Å². The fraction of sp³-hybridized carbons (Fsp3) is 0.845. The van der Waals surface area contributed by atoms with E-state index in [9.17, 15) is 15.0 Å². The quantitative estimate of drug-likeness (QED) is 0.0420. The van der Waals surface area contributed by atoms with Crippen molar-refractivity contribution in [2.24, 2.45) is 0 Å². The summed E-state index contributed by atoms with van der Waals surface area (Å²) in [4.78, 5) is 12.5. The van der Waals surface area contributed by atoms with Crippen LogP contribution in [0.4, 0.5) is 0 Å². The first-order valence-electron chi connectivity index (χ1n) is 34.0. The lowest BCUT2D eigenvalue weighted by molar-refractivity contribution is -0.123. The van der Waals surface area contributed by atoms with Gasteiger partial charge in [0.05, 0.1) is 18.8 Å². The molecule has 1 amide bonds. The summed E-state index contributed by atoms with van der Waals surface area (Å²) in [5.74, 6) is -0.0716. The van der Waals surface area contributed by atoms with E-state index in [0.717, 1.165) is 44.9 Å². The van der Waals surface area contributed by atoms with Crippen LogP contribution in [0.3, 0.4) is 0 Å². The van der Waals surface area contributed by atoms with Gasteiger partial charge in [-0.1, -0.05) is 344 Å². The highest BCUT2D eigenvalue weighted by Crippen LogP contribution is 2.18. The van der Waals surface area contributed by atoms with Gasteiger partial charge in [-0.15, -0.1) is 0 Å². The van der Waals surface area contributed by atoms with Gasteiger partial charge in [-0.05, 0) is 77.0 Å². The van der Waals surface area contributed by atoms with Crippen molar-refractivity contribution in [1.29, 1.82) is 0 Å². The number of nitrogens with one attached hydrogen (secondary N) is 1. The molecule has 2 unspecified atom stereocenters. The van der Waals surface area contributed by atoms with E-state index in [1.807, 2.05) is 6.08 Å². The van der Waals surface area contributed by atoms with E-state index in [0.29, 0.717) is 6.42 Å². The topological polar surface area (TPSA) is 69.6 Å². The van der Waals surface area contributed by atoms with Crippen LogP contribution < -0.4 is 5.32 Å². The highest BCUT2D eigenvalue weighted by Gasteiger charge is 2.18. The van der Waals surface area contributed by atoms with Gasteiger partial charge >= 0.3 is 0 Å². The Balaban J connectivity index is 3.45. The lowest BCUT2D eigenvalue weighted by atomic mass is 10.0. The molecular weight excluding hydrogens is 915 g/mol. The number of aliphatic hydroxyl groups is 2. The van der Waals surface area contributed by atoms with Crippen molar-refractivity contribution in [1.82, 2.24) is 5.32 Å². The number of amides is 1. The molecule has 0 aromatic rings. The first-order valence-corrected chi connectivity index (χ1v) is 34.0. The van der Waals surface area contributed by atoms with E-state index >= 15 is 0 Å². The summed E-state index contributed by atoms with van der Waals surface area (Å²) >= 11 is 0. The summed E-state index contributed by atoms with van der Waals surface area (Å²) in [6.45, 7) is 4.32. The Morgan fingerprint density at radius 2 is 0.560 bits per heavy atom. The molecule has 2 atom stereocenters. The molecular formula is C71H133NO3. The minimum atomic E-state index is -0.872. The average Bonchev–Trinajstić information content (AvgIpc) is 3.41. The van der Waals surface area contributed by atoms with Crippen LogP contribution >= 0.6 is 0 Å². The minimum Gasteiger partial charge on any atom is -0.394 e. The molecule has 0 aliphatic heterocycles. The molecule has 440 valence electrons. The van der Waals surface area contributed by atoms with Gasteiger partial charge in [-0.2, -0.15) is 0 Å². The van der Waals surface area contributed by atoms with E-state index in [1.165, 1.54) is 302 Å². The molecule has 3 N–H and O–H groups in total. The van der Waals surface area contributed by atoms with Gasteiger partial charge in [0.1, 0.15) is 0 Å². The van der Waals surface area contributed by atoms with Crippen molar-refractivity contribution in [3.05, 3.63) is 60.8 Å². The van der Waals surface area contributed by atoms with Gasteiger partial charge in [0.2, 0.25) is 5.91 Å². The minimum absolute atomic E-state index is 0.0716. The Morgan fingerprint density at radius 3 is 0.853 bits per heavy atom. The van der Waals surface area contributed by atoms with Crippen molar-refractivity contribution in [3.63, 3.8) is 0 Å². The Kier molecular flexibility index (Phi) is 64.7. The molecule has 0 bridgehead atoms. The molecule has 0 aliphatic rings. The third kappa shape index (κ3) is 62.8. The van der Waals surface area contributed by atoms with E-state index in [4.69, 9.17) is 0 Å². The SMILES string of the molecule is CCCCCCC/C=C\C/C=C\CCCCCCCCCCCCCCCCCCCCCCCCCCCCCC(=O)NC(CO)C(O)/C=C/CC/C=C/CC/C=C/CCCCCCCCCCCCCCCC. The number of carbonyl (C=O) groups excluding carboxylic acids is 1. The zero-order valence-electron chi connectivity index (χ0n) is 50.8. The molecule has 4 heteroatoms. The van der Waals surface area contributed by atoms with E-state index in [-0.39, 0.29) is 12.5 Å². The van der Waals surface area contributed by atoms with Crippen LogP contribution in [0.2, 0.25) is 0 Å². The summed E-state index contributed by atoms with van der Waals surface area (Å²) in [6.07, 6.45) is 94.5. The van der Waals surface area contributed by atoms with Gasteiger partial charge in [-0.25, -0.2) is 0 Å². The van der Waals surface area contributed by atoms with Gasteiger partial charge in [0.15, 0.2) is 0 Å². The average molecular weight is 1050 g/mol. The third-order valence-corrected chi connectivity index (χ3v) is 15.7. The molecule has 0 saturated heterocycles. The molecule has 75 heavy (non-hydrogen) atoms. The molecule has 0 fully saturated rings. The van der Waals surface area contributed by atoms with Gasteiger partial charge < -0.3 is 15.5 Å². The predicted octanol–water partition coefficient (Wildman–Crippen LogP) is 23.1. The Bertz CT molecular complexity index is 1230. The first-order chi connectivity index (χ1) is 37.2. The maximum absolute atomic E-state index is 12.5. The molecule has 0 saturated carbocycles. The standard InChI is InChI=1S/C71H133NO3/c1-3-5-7-9-11-13-15-17-19-21-23-25-27-29-30-31-32-33-34-35-36-37-38-39-40-41-42-43-45-47-49-51-53-55-57-59-61-63-65-67-71(75)72-69(68-73)70(74)66-64-62-60-58-56-54-52-50-48-46-44-28-26-24-22-20-18-16-14-12-10-8-6-4-2/h15,17,21,23,48,50,56,58,64,66,69-70,73-74H,3-14,16,18-20,22,24-47,49,51-55,57,59-63,65,67-68H2,1-2H3,(H,72,75)/b17-15-,23-21-,50-48+,58-56+,66-64+. The fourth-order valence-electron chi connectivity index (χ4n) is 10.5. The highest BCUT2D eigenvalue weighted by atomic mass is 16.3. The number of allylic oxidation sites excluding steroid dienone is 9. The van der Waals surface area contributed by atoms with E-state index in [1.54, 1.807) is 6.08 Å². The summed E-state index contributed by atoms with van der Waals surface area (Å²) < 4.78 is 0. The molecule has 0 aliphatic carbocycles. The zero-order chi connectivity index (χ0) is 54.1. The largest absolute Gasteiger partial charge is 0.394 e. The van der Waals surface area contributed by atoms with Crippen LogP contribution in [0, 0.1) is 0 Å². The zero-order valence-corrected chi connectivity index (χ0v) is 50.8. The van der Waals surface area contributed by atoms with Gasteiger partial charge in [-0.3, -0.25) is 4.79 Å². The Morgan fingerprint density at radius 1 is 0.320 bits per heavy atom. The van der Waals surface area contributed by atoms with Gasteiger partial charge in [0, 0.05) is 6.42 Å². The number of rotatable bonds is 63. The molecule has 4 nitrogen and oxygen atoms in total.